The molecule has 0 fully saturated rings. The quantitative estimate of drug-likeness (QED) is 0.0464. The summed E-state index contributed by atoms with van der Waals surface area (Å²) >= 11 is 0. The third kappa shape index (κ3) is 35.3. The van der Waals surface area contributed by atoms with E-state index in [1.807, 2.05) is 0 Å². The molecule has 0 atom stereocenters. The van der Waals surface area contributed by atoms with E-state index in [9.17, 15) is 0 Å². The van der Waals surface area contributed by atoms with E-state index in [2.05, 4.69) is 43.8 Å². The SMILES string of the molecule is CCCCCCCCCCCCCCCCCCc1cc[n+](CCCCCCCCCCC)cc1CCCCCCCCCCCCCCCCCC. The minimum absolute atomic E-state index is 1.21. The molecule has 0 N–H and O–H groups in total. The molecule has 1 heteroatoms. The Morgan fingerprint density at radius 3 is 0.830 bits per heavy atom. The Morgan fingerprint density at radius 1 is 0.283 bits per heavy atom. The molecule has 0 radical (unpaired) electrons. The smallest absolute Gasteiger partial charge is 0.172 e. The highest BCUT2D eigenvalue weighted by Crippen LogP contribution is 2.19. The van der Waals surface area contributed by atoms with Gasteiger partial charge < -0.3 is 0 Å². The average molecular weight is 739 g/mol. The Balaban J connectivity index is 2.25. The fourth-order valence-corrected chi connectivity index (χ4v) is 8.56. The lowest BCUT2D eigenvalue weighted by atomic mass is 9.97. The molecule has 1 heterocycles. The van der Waals surface area contributed by atoms with Crippen LogP contribution >= 0.6 is 0 Å². The lowest BCUT2D eigenvalue weighted by Crippen LogP contribution is -2.34. The predicted octanol–water partition coefficient (Wildman–Crippen LogP) is 18.1. The van der Waals surface area contributed by atoms with Crippen LogP contribution in [0.5, 0.6) is 0 Å². The zero-order valence-corrected chi connectivity index (χ0v) is 37.3. The van der Waals surface area contributed by atoms with Gasteiger partial charge >= 0.3 is 0 Å². The molecular weight excluding hydrogens is 639 g/mol. The molecule has 1 nitrogen and oxygen atoms in total. The monoisotopic (exact) mass is 739 g/mol. The van der Waals surface area contributed by atoms with Crippen molar-refractivity contribution in [2.45, 2.75) is 303 Å². The average Bonchev–Trinajstić information content (AvgIpc) is 3.17. The second-order valence-electron chi connectivity index (χ2n) is 17.7. The maximum Gasteiger partial charge on any atom is 0.172 e. The van der Waals surface area contributed by atoms with E-state index in [-0.39, 0.29) is 0 Å². The third-order valence-electron chi connectivity index (χ3n) is 12.3. The first kappa shape index (κ1) is 50.2. The molecule has 0 unspecified atom stereocenters. The van der Waals surface area contributed by atoms with Crippen LogP contribution in [0.2, 0.25) is 0 Å². The van der Waals surface area contributed by atoms with Gasteiger partial charge in [-0.05, 0) is 37.7 Å². The van der Waals surface area contributed by atoms with Gasteiger partial charge in [0, 0.05) is 18.1 Å². The molecule has 0 aliphatic heterocycles. The zero-order chi connectivity index (χ0) is 38.0. The second kappa shape index (κ2) is 42.3. The van der Waals surface area contributed by atoms with Crippen molar-refractivity contribution in [3.8, 4) is 0 Å². The Kier molecular flexibility index (Phi) is 40.0. The van der Waals surface area contributed by atoms with Crippen molar-refractivity contribution in [2.24, 2.45) is 0 Å². The molecule has 0 aliphatic rings. The summed E-state index contributed by atoms with van der Waals surface area (Å²) in [6, 6.07) is 2.51. The van der Waals surface area contributed by atoms with Crippen LogP contribution in [-0.4, -0.2) is 0 Å². The Hall–Kier alpha value is -0.850. The van der Waals surface area contributed by atoms with E-state index in [4.69, 9.17) is 0 Å². The van der Waals surface area contributed by atoms with Gasteiger partial charge in [0.25, 0.3) is 0 Å². The summed E-state index contributed by atoms with van der Waals surface area (Å²) in [6.45, 7) is 8.16. The van der Waals surface area contributed by atoms with Gasteiger partial charge in [0.2, 0.25) is 0 Å². The van der Waals surface area contributed by atoms with E-state index in [1.54, 1.807) is 11.1 Å². The molecule has 0 spiro atoms. The second-order valence-corrected chi connectivity index (χ2v) is 17.7. The summed E-state index contributed by atoms with van der Waals surface area (Å²) in [5, 5.41) is 0. The number of hydrogen-bond donors (Lipinski definition) is 0. The van der Waals surface area contributed by atoms with E-state index in [1.165, 1.54) is 283 Å². The van der Waals surface area contributed by atoms with Gasteiger partial charge in [-0.1, -0.05) is 258 Å². The third-order valence-corrected chi connectivity index (χ3v) is 12.3. The van der Waals surface area contributed by atoms with Crippen LogP contribution in [0.4, 0.5) is 0 Å². The minimum atomic E-state index is 1.21. The van der Waals surface area contributed by atoms with Gasteiger partial charge in [-0.25, -0.2) is 4.57 Å². The Bertz CT molecular complexity index is 828. The van der Waals surface area contributed by atoms with Gasteiger partial charge in [0.1, 0.15) is 6.54 Å². The fraction of sp³-hybridized carbons (Fsp3) is 0.904. The van der Waals surface area contributed by atoms with Crippen molar-refractivity contribution < 1.29 is 4.57 Å². The van der Waals surface area contributed by atoms with Crippen molar-refractivity contribution in [3.63, 3.8) is 0 Å². The molecule has 53 heavy (non-hydrogen) atoms. The van der Waals surface area contributed by atoms with Crippen molar-refractivity contribution in [1.29, 1.82) is 0 Å². The van der Waals surface area contributed by atoms with E-state index >= 15 is 0 Å². The number of unbranched alkanes of at least 4 members (excludes halogenated alkanes) is 38. The van der Waals surface area contributed by atoms with Gasteiger partial charge in [0.15, 0.2) is 12.4 Å². The number of aromatic nitrogens is 1. The maximum absolute atomic E-state index is 2.57. The highest BCUT2D eigenvalue weighted by molar-refractivity contribution is 5.21. The van der Waals surface area contributed by atoms with E-state index in [0.717, 1.165) is 0 Å². The summed E-state index contributed by atoms with van der Waals surface area (Å²) in [6.07, 6.45) is 66.8. The summed E-state index contributed by atoms with van der Waals surface area (Å²) < 4.78 is 2.54. The summed E-state index contributed by atoms with van der Waals surface area (Å²) in [7, 11) is 0. The molecule has 312 valence electrons. The van der Waals surface area contributed by atoms with E-state index in [0.29, 0.717) is 0 Å². The van der Waals surface area contributed by atoms with Crippen molar-refractivity contribution in [3.05, 3.63) is 29.6 Å². The van der Waals surface area contributed by atoms with Crippen molar-refractivity contribution in [1.82, 2.24) is 0 Å². The normalized spacial score (nSPS) is 11.6. The molecule has 0 saturated heterocycles. The van der Waals surface area contributed by atoms with Crippen LogP contribution < -0.4 is 4.57 Å². The van der Waals surface area contributed by atoms with Gasteiger partial charge in [-0.15, -0.1) is 0 Å². The first-order chi connectivity index (χ1) is 26.3. The molecule has 0 amide bonds. The summed E-state index contributed by atoms with van der Waals surface area (Å²) in [5.74, 6) is 0. The molecule has 0 saturated carbocycles. The van der Waals surface area contributed by atoms with Crippen molar-refractivity contribution in [2.75, 3.05) is 0 Å². The summed E-state index contributed by atoms with van der Waals surface area (Å²) in [5.41, 5.74) is 3.34. The number of pyridine rings is 1. The molecular formula is C52H100N+. The predicted molar refractivity (Wildman–Crippen MR) is 240 cm³/mol. The van der Waals surface area contributed by atoms with Crippen LogP contribution in [-0.2, 0) is 19.4 Å². The molecule has 0 bridgehead atoms. The summed E-state index contributed by atoms with van der Waals surface area (Å²) in [4.78, 5) is 0. The van der Waals surface area contributed by atoms with Gasteiger partial charge in [-0.2, -0.15) is 0 Å². The van der Waals surface area contributed by atoms with E-state index < -0.39 is 0 Å². The molecule has 1 rings (SSSR count). The van der Waals surface area contributed by atoms with Gasteiger partial charge in [0.05, 0.1) is 0 Å². The minimum Gasteiger partial charge on any atom is -0.205 e. The first-order valence-electron chi connectivity index (χ1n) is 25.3. The van der Waals surface area contributed by atoms with Crippen LogP contribution in [0.1, 0.15) is 295 Å². The highest BCUT2D eigenvalue weighted by Gasteiger charge is 2.10. The molecule has 1 aromatic rings. The van der Waals surface area contributed by atoms with Crippen LogP contribution in [0.25, 0.3) is 0 Å². The van der Waals surface area contributed by atoms with Crippen LogP contribution in [0.3, 0.4) is 0 Å². The maximum atomic E-state index is 2.57. The Labute approximate surface area is 336 Å². The number of hydrogen-bond acceptors (Lipinski definition) is 0. The lowest BCUT2D eigenvalue weighted by molar-refractivity contribution is -0.697. The highest BCUT2D eigenvalue weighted by atomic mass is 14.9. The molecule has 0 aromatic carbocycles. The topological polar surface area (TPSA) is 3.88 Å². The number of aryl methyl sites for hydroxylation is 3. The fourth-order valence-electron chi connectivity index (χ4n) is 8.56. The number of nitrogens with zero attached hydrogens (tertiary/aromatic N) is 1. The lowest BCUT2D eigenvalue weighted by Gasteiger charge is -2.10. The standard InChI is InChI=1S/C52H100N/c1-4-7-10-13-16-19-21-23-25-27-29-31-33-36-39-42-45-51-47-49-53(48-44-41-38-35-18-15-12-9-6-3)50-52(51)46-43-40-37-34-32-30-28-26-24-22-20-17-14-11-8-5-2/h47,49-50H,4-46,48H2,1-3H3/q+1. The largest absolute Gasteiger partial charge is 0.205 e. The molecule has 0 aliphatic carbocycles. The first-order valence-corrected chi connectivity index (χ1v) is 25.3. The molecule has 1 aromatic heterocycles. The zero-order valence-electron chi connectivity index (χ0n) is 37.3. The van der Waals surface area contributed by atoms with Crippen LogP contribution in [0.15, 0.2) is 18.5 Å². The van der Waals surface area contributed by atoms with Crippen LogP contribution in [0, 0.1) is 0 Å². The van der Waals surface area contributed by atoms with Crippen molar-refractivity contribution >= 4 is 0 Å². The Morgan fingerprint density at radius 2 is 0.528 bits per heavy atom. The van der Waals surface area contributed by atoms with Gasteiger partial charge in [-0.3, -0.25) is 0 Å². The number of rotatable bonds is 44.